The van der Waals surface area contributed by atoms with Gasteiger partial charge in [-0.1, -0.05) is 67.6 Å². The molecule has 6 heteroatoms. The molecule has 5 rings (SSSR count). The van der Waals surface area contributed by atoms with Gasteiger partial charge in [0, 0.05) is 11.5 Å². The second-order valence-electron chi connectivity index (χ2n) is 10.6. The third kappa shape index (κ3) is 6.32. The minimum absolute atomic E-state index is 0.0724. The SMILES string of the molecule is CC1(C(=O)N[C@@H](Cc2ccccc2)c2ncc(-c3ccc(OCc4ccccc4)cc3)[nH]2)CCC(N)CC1. The predicted molar refractivity (Wildman–Crippen MR) is 150 cm³/mol. The van der Waals surface area contributed by atoms with E-state index in [2.05, 4.69) is 41.5 Å². The molecule has 0 saturated heterocycles. The highest BCUT2D eigenvalue weighted by Crippen LogP contribution is 2.36. The van der Waals surface area contributed by atoms with Gasteiger partial charge in [0.05, 0.1) is 17.9 Å². The lowest BCUT2D eigenvalue weighted by Crippen LogP contribution is -2.45. The van der Waals surface area contributed by atoms with Crippen LogP contribution in [0, 0.1) is 5.41 Å². The van der Waals surface area contributed by atoms with E-state index in [9.17, 15) is 4.79 Å². The molecule has 38 heavy (non-hydrogen) atoms. The van der Waals surface area contributed by atoms with Gasteiger partial charge < -0.3 is 20.8 Å². The van der Waals surface area contributed by atoms with Crippen molar-refractivity contribution in [3.05, 3.63) is 108 Å². The van der Waals surface area contributed by atoms with Gasteiger partial charge >= 0.3 is 0 Å². The molecule has 0 radical (unpaired) electrons. The standard InChI is InChI=1S/C32H36N4O2/c1-32(18-16-26(33)17-19-32)31(37)36-28(20-23-8-4-2-5-9-23)30-34-21-29(35-30)25-12-14-27(15-13-25)38-22-24-10-6-3-7-11-24/h2-15,21,26,28H,16-20,22,33H2,1H3,(H,34,35)(H,36,37)/t26?,28-,32?/m0/s1. The van der Waals surface area contributed by atoms with Crippen LogP contribution in [0.25, 0.3) is 11.3 Å². The van der Waals surface area contributed by atoms with E-state index in [4.69, 9.17) is 15.5 Å². The molecule has 196 valence electrons. The summed E-state index contributed by atoms with van der Waals surface area (Å²) in [4.78, 5) is 21.6. The molecule has 6 nitrogen and oxygen atoms in total. The number of ether oxygens (including phenoxy) is 1. The Morgan fingerprint density at radius 3 is 2.29 bits per heavy atom. The number of imidazole rings is 1. The van der Waals surface area contributed by atoms with E-state index in [-0.39, 0.29) is 18.0 Å². The van der Waals surface area contributed by atoms with E-state index in [1.807, 2.05) is 66.9 Å². The predicted octanol–water partition coefficient (Wildman–Crippen LogP) is 5.96. The first-order chi connectivity index (χ1) is 18.5. The Morgan fingerprint density at radius 2 is 1.63 bits per heavy atom. The number of aromatic nitrogens is 2. The van der Waals surface area contributed by atoms with Crippen molar-refractivity contribution in [2.24, 2.45) is 11.1 Å². The number of rotatable bonds is 9. The van der Waals surface area contributed by atoms with Gasteiger partial charge in [-0.05, 0) is 73.1 Å². The van der Waals surface area contributed by atoms with Crippen molar-refractivity contribution in [1.29, 1.82) is 0 Å². The highest BCUT2D eigenvalue weighted by atomic mass is 16.5. The van der Waals surface area contributed by atoms with Crippen LogP contribution in [-0.2, 0) is 17.8 Å². The summed E-state index contributed by atoms with van der Waals surface area (Å²) >= 11 is 0. The number of nitrogens with two attached hydrogens (primary N) is 1. The van der Waals surface area contributed by atoms with Crippen molar-refractivity contribution in [3.8, 4) is 17.0 Å². The highest BCUT2D eigenvalue weighted by molar-refractivity contribution is 5.82. The number of aromatic amines is 1. The number of carbonyl (C=O) groups is 1. The lowest BCUT2D eigenvalue weighted by atomic mass is 9.73. The van der Waals surface area contributed by atoms with Gasteiger partial charge in [0.25, 0.3) is 0 Å². The van der Waals surface area contributed by atoms with Crippen LogP contribution < -0.4 is 15.8 Å². The quantitative estimate of drug-likeness (QED) is 0.260. The van der Waals surface area contributed by atoms with E-state index in [1.165, 1.54) is 0 Å². The number of carbonyl (C=O) groups excluding carboxylic acids is 1. The minimum atomic E-state index is -0.407. The number of nitrogens with one attached hydrogen (secondary N) is 2. The second-order valence-corrected chi connectivity index (χ2v) is 10.6. The van der Waals surface area contributed by atoms with Crippen molar-refractivity contribution in [2.45, 2.75) is 57.7 Å². The summed E-state index contributed by atoms with van der Waals surface area (Å²) in [6.45, 7) is 2.59. The molecular formula is C32H36N4O2. The third-order valence-corrected chi connectivity index (χ3v) is 7.61. The number of hydrogen-bond acceptors (Lipinski definition) is 4. The van der Waals surface area contributed by atoms with E-state index in [0.717, 1.165) is 59.6 Å². The van der Waals surface area contributed by atoms with E-state index >= 15 is 0 Å². The van der Waals surface area contributed by atoms with Gasteiger partial charge in [0.15, 0.2) is 0 Å². The topological polar surface area (TPSA) is 93.0 Å². The fraction of sp³-hybridized carbons (Fsp3) is 0.312. The molecule has 4 aromatic rings. The summed E-state index contributed by atoms with van der Waals surface area (Å²) < 4.78 is 5.93. The molecule has 0 aliphatic heterocycles. The minimum Gasteiger partial charge on any atom is -0.489 e. The highest BCUT2D eigenvalue weighted by Gasteiger charge is 2.38. The summed E-state index contributed by atoms with van der Waals surface area (Å²) in [7, 11) is 0. The van der Waals surface area contributed by atoms with E-state index in [0.29, 0.717) is 13.0 Å². The Labute approximate surface area is 224 Å². The summed E-state index contributed by atoms with van der Waals surface area (Å²) in [5.74, 6) is 1.63. The molecule has 0 spiro atoms. The molecule has 1 aliphatic carbocycles. The maximum Gasteiger partial charge on any atom is 0.226 e. The lowest BCUT2D eigenvalue weighted by molar-refractivity contribution is -0.132. The van der Waals surface area contributed by atoms with Gasteiger partial charge in [-0.25, -0.2) is 4.98 Å². The fourth-order valence-electron chi connectivity index (χ4n) is 5.03. The van der Waals surface area contributed by atoms with Crippen molar-refractivity contribution < 1.29 is 9.53 Å². The Hall–Kier alpha value is -3.90. The van der Waals surface area contributed by atoms with Crippen LogP contribution in [0.4, 0.5) is 0 Å². The van der Waals surface area contributed by atoms with Gasteiger partial charge in [0.1, 0.15) is 18.2 Å². The zero-order valence-corrected chi connectivity index (χ0v) is 21.9. The Morgan fingerprint density at radius 1 is 1.00 bits per heavy atom. The summed E-state index contributed by atoms with van der Waals surface area (Å²) in [6, 6.07) is 28.2. The molecule has 0 bridgehead atoms. The van der Waals surface area contributed by atoms with E-state index < -0.39 is 5.41 Å². The number of hydrogen-bond donors (Lipinski definition) is 3. The molecule has 1 amide bonds. The van der Waals surface area contributed by atoms with Gasteiger partial charge in [-0.2, -0.15) is 0 Å². The maximum absolute atomic E-state index is 13.5. The summed E-state index contributed by atoms with van der Waals surface area (Å²) in [6.07, 6.45) is 5.86. The van der Waals surface area contributed by atoms with Crippen LogP contribution in [0.3, 0.4) is 0 Å². The maximum atomic E-state index is 13.5. The van der Waals surface area contributed by atoms with Gasteiger partial charge in [-0.15, -0.1) is 0 Å². The van der Waals surface area contributed by atoms with Crippen molar-refractivity contribution >= 4 is 5.91 Å². The van der Waals surface area contributed by atoms with Crippen LogP contribution in [0.15, 0.2) is 91.1 Å². The normalized spacial score (nSPS) is 20.0. The first-order valence-electron chi connectivity index (χ1n) is 13.4. The number of nitrogens with zero attached hydrogens (tertiary/aromatic N) is 1. The average molecular weight is 509 g/mol. The number of amides is 1. The lowest BCUT2D eigenvalue weighted by Gasteiger charge is -2.35. The first kappa shape index (κ1) is 25.7. The molecule has 4 N–H and O–H groups in total. The largest absolute Gasteiger partial charge is 0.489 e. The van der Waals surface area contributed by atoms with Crippen LogP contribution in [0.1, 0.15) is 55.6 Å². The van der Waals surface area contributed by atoms with Crippen LogP contribution in [0.2, 0.25) is 0 Å². The van der Waals surface area contributed by atoms with E-state index in [1.54, 1.807) is 0 Å². The molecule has 3 aromatic carbocycles. The molecule has 1 atom stereocenters. The third-order valence-electron chi connectivity index (χ3n) is 7.61. The van der Waals surface area contributed by atoms with Crippen molar-refractivity contribution in [1.82, 2.24) is 15.3 Å². The Kier molecular flexibility index (Phi) is 7.89. The Bertz CT molecular complexity index is 1310. The smallest absolute Gasteiger partial charge is 0.226 e. The number of benzene rings is 3. The zero-order valence-electron chi connectivity index (χ0n) is 21.9. The van der Waals surface area contributed by atoms with Crippen molar-refractivity contribution in [3.63, 3.8) is 0 Å². The van der Waals surface area contributed by atoms with Gasteiger partial charge in [-0.3, -0.25) is 4.79 Å². The molecule has 1 saturated carbocycles. The van der Waals surface area contributed by atoms with Crippen LogP contribution in [0.5, 0.6) is 5.75 Å². The van der Waals surface area contributed by atoms with Gasteiger partial charge in [0.2, 0.25) is 5.91 Å². The molecule has 1 fully saturated rings. The second kappa shape index (κ2) is 11.7. The Balaban J connectivity index is 1.30. The monoisotopic (exact) mass is 508 g/mol. The summed E-state index contributed by atoms with van der Waals surface area (Å²) in [5.41, 5.74) is 9.88. The zero-order chi connectivity index (χ0) is 26.4. The molecular weight excluding hydrogens is 472 g/mol. The first-order valence-corrected chi connectivity index (χ1v) is 13.4. The fourth-order valence-corrected chi connectivity index (χ4v) is 5.03. The molecule has 1 heterocycles. The van der Waals surface area contributed by atoms with Crippen molar-refractivity contribution in [2.75, 3.05) is 0 Å². The van der Waals surface area contributed by atoms with Crippen LogP contribution in [-0.4, -0.2) is 21.9 Å². The number of H-pyrrole nitrogens is 1. The average Bonchev–Trinajstić information content (AvgIpc) is 3.45. The van der Waals surface area contributed by atoms with Crippen LogP contribution >= 0.6 is 0 Å². The molecule has 1 aromatic heterocycles. The molecule has 0 unspecified atom stereocenters. The molecule has 1 aliphatic rings. The summed E-state index contributed by atoms with van der Waals surface area (Å²) in [5, 5.41) is 3.32.